The Morgan fingerprint density at radius 3 is 2.75 bits per heavy atom. The number of esters is 1. The van der Waals surface area contributed by atoms with E-state index in [0.717, 1.165) is 12.8 Å². The van der Waals surface area contributed by atoms with Crippen molar-refractivity contribution in [1.29, 1.82) is 0 Å². The predicted molar refractivity (Wildman–Crippen MR) is 92.4 cm³/mol. The zero-order valence-electron chi connectivity index (χ0n) is 14.3. The van der Waals surface area contributed by atoms with Crippen LogP contribution >= 0.6 is 11.6 Å². The second kappa shape index (κ2) is 8.38. The van der Waals surface area contributed by atoms with E-state index in [2.05, 4.69) is 19.2 Å². The number of hydrogen-bond donors (Lipinski definition) is 1. The molecular formula is C18H24ClNO4. The van der Waals surface area contributed by atoms with Gasteiger partial charge in [-0.1, -0.05) is 38.3 Å². The second-order valence-electron chi connectivity index (χ2n) is 6.36. The number of carbonyl (C=O) groups is 2. The third-order valence-electron chi connectivity index (χ3n) is 4.77. The number of methoxy groups -OCH3 is 1. The minimum absolute atomic E-state index is 0.139. The van der Waals surface area contributed by atoms with Crippen molar-refractivity contribution < 1.29 is 19.1 Å². The lowest BCUT2D eigenvalue weighted by molar-refractivity contribution is -0.125. The number of nitrogens with one attached hydrogen (secondary N) is 1. The van der Waals surface area contributed by atoms with Crippen LogP contribution in [-0.2, 0) is 9.53 Å². The standard InChI is InChI=1S/C18H24ClNO4/c1-11-5-4-6-15(12(11)2)20-17(21)10-24-18(22)14-9-13(19)7-8-16(14)23-3/h7-9,11-12,15H,4-6,10H2,1-3H3,(H,20,21)/t11-,12-,15+/m0/s1. The lowest BCUT2D eigenvalue weighted by Gasteiger charge is -2.34. The summed E-state index contributed by atoms with van der Waals surface area (Å²) in [5.41, 5.74) is 0.206. The van der Waals surface area contributed by atoms with Crippen LogP contribution in [0.2, 0.25) is 5.02 Å². The lowest BCUT2D eigenvalue weighted by atomic mass is 9.78. The third-order valence-corrected chi connectivity index (χ3v) is 5.00. The monoisotopic (exact) mass is 353 g/mol. The molecule has 0 aliphatic heterocycles. The van der Waals surface area contributed by atoms with E-state index in [4.69, 9.17) is 21.1 Å². The molecule has 0 aromatic heterocycles. The molecule has 0 spiro atoms. The van der Waals surface area contributed by atoms with E-state index in [-0.39, 0.29) is 24.1 Å². The Bertz CT molecular complexity index is 605. The van der Waals surface area contributed by atoms with Gasteiger partial charge in [-0.15, -0.1) is 0 Å². The molecule has 1 saturated carbocycles. The summed E-state index contributed by atoms with van der Waals surface area (Å²) < 4.78 is 10.2. The first-order valence-corrected chi connectivity index (χ1v) is 8.60. The zero-order chi connectivity index (χ0) is 17.7. The molecule has 1 aliphatic carbocycles. The predicted octanol–water partition coefficient (Wildman–Crippen LogP) is 3.45. The maximum absolute atomic E-state index is 12.1. The van der Waals surface area contributed by atoms with Crippen LogP contribution in [-0.4, -0.2) is 31.6 Å². The minimum atomic E-state index is -0.630. The van der Waals surface area contributed by atoms with Crippen molar-refractivity contribution in [1.82, 2.24) is 5.32 Å². The maximum Gasteiger partial charge on any atom is 0.342 e. The van der Waals surface area contributed by atoms with Crippen LogP contribution < -0.4 is 10.1 Å². The molecule has 0 heterocycles. The second-order valence-corrected chi connectivity index (χ2v) is 6.80. The highest BCUT2D eigenvalue weighted by molar-refractivity contribution is 6.31. The van der Waals surface area contributed by atoms with Crippen LogP contribution in [0.5, 0.6) is 5.75 Å². The van der Waals surface area contributed by atoms with Crippen molar-refractivity contribution in [2.24, 2.45) is 11.8 Å². The first-order chi connectivity index (χ1) is 11.4. The zero-order valence-corrected chi connectivity index (χ0v) is 15.1. The van der Waals surface area contributed by atoms with Crippen molar-refractivity contribution in [3.8, 4) is 5.75 Å². The van der Waals surface area contributed by atoms with Gasteiger partial charge in [-0.3, -0.25) is 4.79 Å². The highest BCUT2D eigenvalue weighted by Crippen LogP contribution is 2.29. The first kappa shape index (κ1) is 18.6. The summed E-state index contributed by atoms with van der Waals surface area (Å²) in [4.78, 5) is 24.2. The molecule has 132 valence electrons. The van der Waals surface area contributed by atoms with Crippen LogP contribution in [0.3, 0.4) is 0 Å². The van der Waals surface area contributed by atoms with Gasteiger partial charge in [0.15, 0.2) is 6.61 Å². The van der Waals surface area contributed by atoms with Crippen LogP contribution in [0.4, 0.5) is 0 Å². The van der Waals surface area contributed by atoms with Gasteiger partial charge in [-0.25, -0.2) is 4.79 Å². The number of rotatable bonds is 5. The summed E-state index contributed by atoms with van der Waals surface area (Å²) in [5.74, 6) is 0.457. The summed E-state index contributed by atoms with van der Waals surface area (Å²) in [6.07, 6.45) is 3.26. The number of amides is 1. The third kappa shape index (κ3) is 4.63. The van der Waals surface area contributed by atoms with Crippen molar-refractivity contribution >= 4 is 23.5 Å². The summed E-state index contributed by atoms with van der Waals surface area (Å²) in [6.45, 7) is 4.04. The average Bonchev–Trinajstić information content (AvgIpc) is 2.56. The summed E-state index contributed by atoms with van der Waals surface area (Å²) in [7, 11) is 1.46. The van der Waals surface area contributed by atoms with E-state index in [1.54, 1.807) is 12.1 Å². The van der Waals surface area contributed by atoms with Crippen LogP contribution in [0.25, 0.3) is 0 Å². The van der Waals surface area contributed by atoms with Gasteiger partial charge in [0.05, 0.1) is 7.11 Å². The molecule has 0 bridgehead atoms. The normalized spacial score (nSPS) is 23.4. The minimum Gasteiger partial charge on any atom is -0.496 e. The van der Waals surface area contributed by atoms with Gasteiger partial charge in [-0.2, -0.15) is 0 Å². The highest BCUT2D eigenvalue weighted by atomic mass is 35.5. The van der Waals surface area contributed by atoms with Gasteiger partial charge in [0, 0.05) is 11.1 Å². The topological polar surface area (TPSA) is 64.6 Å². The molecule has 0 unspecified atom stereocenters. The van der Waals surface area contributed by atoms with Gasteiger partial charge >= 0.3 is 5.97 Å². The Kier molecular flexibility index (Phi) is 6.49. The molecule has 5 nitrogen and oxygen atoms in total. The van der Waals surface area contributed by atoms with Gasteiger partial charge in [-0.05, 0) is 36.5 Å². The number of halogens is 1. The summed E-state index contributed by atoms with van der Waals surface area (Å²) in [6, 6.07) is 4.81. The van der Waals surface area contributed by atoms with Gasteiger partial charge in [0.2, 0.25) is 0 Å². The van der Waals surface area contributed by atoms with Crippen molar-refractivity contribution in [3.05, 3.63) is 28.8 Å². The maximum atomic E-state index is 12.1. The number of benzene rings is 1. The van der Waals surface area contributed by atoms with E-state index in [9.17, 15) is 9.59 Å². The fourth-order valence-electron chi connectivity index (χ4n) is 3.08. The molecule has 24 heavy (non-hydrogen) atoms. The van der Waals surface area contributed by atoms with Crippen LogP contribution in [0.15, 0.2) is 18.2 Å². The van der Waals surface area contributed by atoms with Gasteiger partial charge in [0.1, 0.15) is 11.3 Å². The Balaban J connectivity index is 1.89. The fourth-order valence-corrected chi connectivity index (χ4v) is 3.25. The molecule has 0 saturated heterocycles. The molecule has 2 rings (SSSR count). The smallest absolute Gasteiger partial charge is 0.342 e. The molecule has 0 radical (unpaired) electrons. The number of carbonyl (C=O) groups excluding carboxylic acids is 2. The van der Waals surface area contributed by atoms with Crippen molar-refractivity contribution in [2.75, 3.05) is 13.7 Å². The Labute approximate surface area is 147 Å². The fraction of sp³-hybridized carbons (Fsp3) is 0.556. The van der Waals surface area contributed by atoms with Crippen molar-refractivity contribution in [2.45, 2.75) is 39.2 Å². The quantitative estimate of drug-likeness (QED) is 0.823. The Morgan fingerprint density at radius 2 is 2.04 bits per heavy atom. The summed E-state index contributed by atoms with van der Waals surface area (Å²) >= 11 is 5.90. The largest absolute Gasteiger partial charge is 0.496 e. The average molecular weight is 354 g/mol. The molecule has 1 fully saturated rings. The van der Waals surface area contributed by atoms with E-state index >= 15 is 0 Å². The van der Waals surface area contributed by atoms with Crippen molar-refractivity contribution in [3.63, 3.8) is 0 Å². The number of ether oxygens (including phenoxy) is 2. The Hall–Kier alpha value is -1.75. The van der Waals surface area contributed by atoms with E-state index < -0.39 is 5.97 Å². The Morgan fingerprint density at radius 1 is 1.29 bits per heavy atom. The van der Waals surface area contributed by atoms with Crippen LogP contribution in [0.1, 0.15) is 43.5 Å². The molecule has 3 atom stereocenters. The molecule has 1 aromatic rings. The molecule has 1 aromatic carbocycles. The van der Waals surface area contributed by atoms with Gasteiger partial charge in [0.25, 0.3) is 5.91 Å². The molecule has 1 aliphatic rings. The first-order valence-electron chi connectivity index (χ1n) is 8.22. The lowest BCUT2D eigenvalue weighted by Crippen LogP contribution is -2.45. The molecule has 6 heteroatoms. The SMILES string of the molecule is COc1ccc(Cl)cc1C(=O)OCC(=O)N[C@@H]1CCC[C@H](C)[C@@H]1C. The van der Waals surface area contributed by atoms with E-state index in [1.165, 1.54) is 19.6 Å². The summed E-state index contributed by atoms with van der Waals surface area (Å²) in [5, 5.41) is 3.37. The molecular weight excluding hydrogens is 330 g/mol. The molecule has 1 amide bonds. The van der Waals surface area contributed by atoms with E-state index in [1.807, 2.05) is 0 Å². The number of hydrogen-bond acceptors (Lipinski definition) is 4. The van der Waals surface area contributed by atoms with Gasteiger partial charge < -0.3 is 14.8 Å². The highest BCUT2D eigenvalue weighted by Gasteiger charge is 2.28. The van der Waals surface area contributed by atoms with Crippen LogP contribution in [0, 0.1) is 11.8 Å². The molecule has 1 N–H and O–H groups in total. The van der Waals surface area contributed by atoms with E-state index in [0.29, 0.717) is 22.6 Å².